The number of benzene rings is 1. The van der Waals surface area contributed by atoms with Gasteiger partial charge in [0.25, 0.3) is 0 Å². The molecule has 0 unspecified atom stereocenters. The van der Waals surface area contributed by atoms with E-state index in [2.05, 4.69) is 0 Å². The summed E-state index contributed by atoms with van der Waals surface area (Å²) in [5.41, 5.74) is 0. The van der Waals surface area contributed by atoms with E-state index in [1.165, 1.54) is 0 Å². The summed E-state index contributed by atoms with van der Waals surface area (Å²) in [7, 11) is 0. The summed E-state index contributed by atoms with van der Waals surface area (Å²) in [6, 6.07) is 2.37. The van der Waals surface area contributed by atoms with Gasteiger partial charge in [-0.3, -0.25) is 0 Å². The Bertz CT molecular complexity index is 299. The van der Waals surface area contributed by atoms with Crippen LogP contribution in [0.4, 0.5) is 13.2 Å². The van der Waals surface area contributed by atoms with Gasteiger partial charge >= 0.3 is 0 Å². The highest BCUT2D eigenvalue weighted by Gasteiger charge is 2.12. The molecular formula is C9H8F3O. The molecule has 1 aromatic rings. The molecule has 0 aliphatic rings. The van der Waals surface area contributed by atoms with Crippen LogP contribution in [-0.4, -0.2) is 6.61 Å². The molecule has 0 aliphatic heterocycles. The third-order valence-electron chi connectivity index (χ3n) is 1.35. The molecule has 0 saturated heterocycles. The SMILES string of the molecule is CCCOc1[c]c(F)cc(F)c1F. The van der Waals surface area contributed by atoms with Gasteiger partial charge in [-0.15, -0.1) is 0 Å². The van der Waals surface area contributed by atoms with Crippen molar-refractivity contribution in [3.8, 4) is 5.75 Å². The third kappa shape index (κ3) is 2.37. The van der Waals surface area contributed by atoms with Gasteiger partial charge in [0.05, 0.1) is 12.7 Å². The lowest BCUT2D eigenvalue weighted by Crippen LogP contribution is -2.00. The fraction of sp³-hybridized carbons (Fsp3) is 0.333. The maximum absolute atomic E-state index is 12.8. The summed E-state index contributed by atoms with van der Waals surface area (Å²) in [4.78, 5) is 0. The Morgan fingerprint density at radius 2 is 2.08 bits per heavy atom. The van der Waals surface area contributed by atoms with Gasteiger partial charge in [0.2, 0.25) is 5.82 Å². The highest BCUT2D eigenvalue weighted by Crippen LogP contribution is 2.20. The second-order valence-electron chi connectivity index (χ2n) is 2.46. The van der Waals surface area contributed by atoms with E-state index in [4.69, 9.17) is 4.74 Å². The molecule has 1 nitrogen and oxygen atoms in total. The molecule has 0 amide bonds. The predicted molar refractivity (Wildman–Crippen MR) is 40.9 cm³/mol. The summed E-state index contributed by atoms with van der Waals surface area (Å²) in [5, 5.41) is 0. The molecule has 13 heavy (non-hydrogen) atoms. The van der Waals surface area contributed by atoms with E-state index in [9.17, 15) is 13.2 Å². The summed E-state index contributed by atoms with van der Waals surface area (Å²) < 4.78 is 42.6. The smallest absolute Gasteiger partial charge is 0.201 e. The molecular weight excluding hydrogens is 181 g/mol. The largest absolute Gasteiger partial charge is 0.490 e. The van der Waals surface area contributed by atoms with E-state index in [1.807, 2.05) is 6.07 Å². The molecule has 0 atom stereocenters. The lowest BCUT2D eigenvalue weighted by molar-refractivity contribution is 0.292. The zero-order valence-electron chi connectivity index (χ0n) is 7.03. The minimum absolute atomic E-state index is 0.205. The molecule has 0 spiro atoms. The van der Waals surface area contributed by atoms with Gasteiger partial charge in [0.15, 0.2) is 11.6 Å². The van der Waals surface area contributed by atoms with Crippen LogP contribution in [0.2, 0.25) is 0 Å². The molecule has 1 aromatic carbocycles. The normalized spacial score (nSPS) is 10.2. The van der Waals surface area contributed by atoms with Crippen LogP contribution < -0.4 is 4.74 Å². The molecule has 0 fully saturated rings. The maximum Gasteiger partial charge on any atom is 0.201 e. The van der Waals surface area contributed by atoms with Crippen molar-refractivity contribution in [3.05, 3.63) is 29.6 Å². The lowest BCUT2D eigenvalue weighted by Gasteiger charge is -2.05. The zero-order valence-corrected chi connectivity index (χ0v) is 7.03. The van der Waals surface area contributed by atoms with Crippen molar-refractivity contribution in [1.29, 1.82) is 0 Å². The molecule has 0 bridgehead atoms. The molecule has 1 radical (unpaired) electrons. The van der Waals surface area contributed by atoms with Crippen LogP contribution in [0.25, 0.3) is 0 Å². The first-order valence-electron chi connectivity index (χ1n) is 3.84. The summed E-state index contributed by atoms with van der Waals surface area (Å²) in [5.74, 6) is -3.93. The van der Waals surface area contributed by atoms with Gasteiger partial charge in [-0.05, 0) is 6.42 Å². The van der Waals surface area contributed by atoms with Crippen LogP contribution in [0.15, 0.2) is 6.07 Å². The molecule has 0 heterocycles. The van der Waals surface area contributed by atoms with Gasteiger partial charge in [-0.25, -0.2) is 8.78 Å². The van der Waals surface area contributed by atoms with Crippen LogP contribution in [-0.2, 0) is 0 Å². The Balaban J connectivity index is 2.92. The van der Waals surface area contributed by atoms with Crippen molar-refractivity contribution in [2.45, 2.75) is 13.3 Å². The highest BCUT2D eigenvalue weighted by molar-refractivity contribution is 5.24. The topological polar surface area (TPSA) is 9.23 Å². The van der Waals surface area contributed by atoms with Crippen molar-refractivity contribution >= 4 is 0 Å². The third-order valence-corrected chi connectivity index (χ3v) is 1.35. The van der Waals surface area contributed by atoms with Gasteiger partial charge in [-0.1, -0.05) is 6.92 Å². The molecule has 0 aliphatic carbocycles. The first-order valence-corrected chi connectivity index (χ1v) is 3.84. The van der Waals surface area contributed by atoms with Crippen molar-refractivity contribution in [2.24, 2.45) is 0 Å². The second-order valence-corrected chi connectivity index (χ2v) is 2.46. The second kappa shape index (κ2) is 4.16. The fourth-order valence-electron chi connectivity index (χ4n) is 0.786. The minimum atomic E-state index is -1.26. The van der Waals surface area contributed by atoms with Gasteiger partial charge in [0.1, 0.15) is 5.82 Å². The van der Waals surface area contributed by atoms with E-state index in [-0.39, 0.29) is 6.61 Å². The number of hydrogen-bond acceptors (Lipinski definition) is 1. The summed E-state index contributed by atoms with van der Waals surface area (Å²) in [6.45, 7) is 2.00. The first kappa shape index (κ1) is 9.89. The van der Waals surface area contributed by atoms with Crippen molar-refractivity contribution in [2.75, 3.05) is 6.61 Å². The van der Waals surface area contributed by atoms with Crippen molar-refractivity contribution < 1.29 is 17.9 Å². The Kier molecular flexibility index (Phi) is 3.17. The van der Waals surface area contributed by atoms with Crippen LogP contribution in [0.3, 0.4) is 0 Å². The highest BCUT2D eigenvalue weighted by atomic mass is 19.2. The minimum Gasteiger partial charge on any atom is -0.490 e. The van der Waals surface area contributed by atoms with E-state index >= 15 is 0 Å². The Morgan fingerprint density at radius 3 is 2.69 bits per heavy atom. The quantitative estimate of drug-likeness (QED) is 0.664. The summed E-state index contributed by atoms with van der Waals surface area (Å²) >= 11 is 0. The average Bonchev–Trinajstić information content (AvgIpc) is 2.09. The Morgan fingerprint density at radius 1 is 1.38 bits per heavy atom. The monoisotopic (exact) mass is 189 g/mol. The molecule has 1 rings (SSSR count). The molecule has 0 N–H and O–H groups in total. The average molecular weight is 189 g/mol. The maximum atomic E-state index is 12.8. The number of rotatable bonds is 3. The molecule has 4 heteroatoms. The van der Waals surface area contributed by atoms with Gasteiger partial charge in [0, 0.05) is 6.07 Å². The van der Waals surface area contributed by atoms with Crippen molar-refractivity contribution in [1.82, 2.24) is 0 Å². The Labute approximate surface area is 74.1 Å². The molecule has 0 aromatic heterocycles. The van der Waals surface area contributed by atoms with Crippen LogP contribution in [0, 0.1) is 23.5 Å². The van der Waals surface area contributed by atoms with Crippen LogP contribution >= 0.6 is 0 Å². The molecule has 71 valence electrons. The van der Waals surface area contributed by atoms with Gasteiger partial charge in [-0.2, -0.15) is 4.39 Å². The fourth-order valence-corrected chi connectivity index (χ4v) is 0.786. The number of ether oxygens (including phenoxy) is 1. The Hall–Kier alpha value is -1.19. The standard InChI is InChI=1S/C9H8F3O/c1-2-3-13-8-5-6(10)4-7(11)9(8)12/h4H,2-3H2,1H3. The van der Waals surface area contributed by atoms with E-state index in [1.54, 1.807) is 6.92 Å². The zero-order chi connectivity index (χ0) is 9.84. The lowest BCUT2D eigenvalue weighted by atomic mass is 10.3. The number of halogens is 3. The first-order chi connectivity index (χ1) is 6.15. The van der Waals surface area contributed by atoms with E-state index in [0.29, 0.717) is 12.5 Å². The molecule has 0 saturated carbocycles. The van der Waals surface area contributed by atoms with Crippen LogP contribution in [0.5, 0.6) is 5.75 Å². The predicted octanol–water partition coefficient (Wildman–Crippen LogP) is 2.69. The van der Waals surface area contributed by atoms with Crippen LogP contribution in [0.1, 0.15) is 13.3 Å². The summed E-state index contributed by atoms with van der Waals surface area (Å²) in [6.07, 6.45) is 0.630. The van der Waals surface area contributed by atoms with Gasteiger partial charge < -0.3 is 4.74 Å². The van der Waals surface area contributed by atoms with E-state index < -0.39 is 23.2 Å². The van der Waals surface area contributed by atoms with E-state index in [0.717, 1.165) is 0 Å². The number of hydrogen-bond donors (Lipinski definition) is 0. The van der Waals surface area contributed by atoms with Crippen molar-refractivity contribution in [3.63, 3.8) is 0 Å².